The number of aliphatic carboxylic acids is 1. The molecule has 21 rings (SSSR count). The summed E-state index contributed by atoms with van der Waals surface area (Å²) in [6.45, 7) is 3.10. The van der Waals surface area contributed by atoms with Gasteiger partial charge in [0.05, 0.1) is 11.6 Å². The highest BCUT2D eigenvalue weighted by molar-refractivity contribution is 6.59. The smallest absolute Gasteiger partial charge is 0.322 e. The fourth-order valence-corrected chi connectivity index (χ4v) is 19.9. The molecule has 13 heteroatoms. The average molecular weight is 1810 g/mol. The van der Waals surface area contributed by atoms with E-state index in [-0.39, 0.29) is 41.8 Å². The van der Waals surface area contributed by atoms with E-state index < -0.39 is 81.8 Å². The minimum Gasteiger partial charge on any atom is -0.480 e. The molecule has 141 heavy (non-hydrogen) atoms. The summed E-state index contributed by atoms with van der Waals surface area (Å²) in [5.41, 5.74) is 13.0. The maximum atomic E-state index is 16.8. The third-order valence-electron chi connectivity index (χ3n) is 23.9. The van der Waals surface area contributed by atoms with Crippen molar-refractivity contribution in [2.24, 2.45) is 0 Å². The number of carboxylic acid groups (broad SMARTS) is 1. The Morgan fingerprint density at radius 2 is 0.716 bits per heavy atom. The minimum atomic E-state index is -1.18. The van der Waals surface area contributed by atoms with Gasteiger partial charge in [-0.1, -0.05) is 66.5 Å². The van der Waals surface area contributed by atoms with E-state index in [9.17, 15) is 27.2 Å². The van der Waals surface area contributed by atoms with Gasteiger partial charge in [-0.25, -0.2) is 35.1 Å². The van der Waals surface area contributed by atoms with E-state index in [4.69, 9.17) is 5.11 Å². The number of allylic oxidation sites excluding steroid dienone is 4. The summed E-state index contributed by atoms with van der Waals surface area (Å²) in [4.78, 5) is 21.8. The standard InChI is InChI=1S/C60H6.C53H23F4N.C8H7F2NO2.C7H4F2O/c1-3-5-7-9-11-13-15-17-19-21-23-25-27-29-31-33-35-37-39-41-43-45-47-49-51-53-55-57-59-60-58-56-54-52-50-48-46-44-42-40-38-36-34-32-30-28-26-24-22-20-18-16-14-12-10-8-6-4-2;54-25-3-1-4-26(55)37(25)52-53-14-22-12-20-10-17-7-16-8-19-9-18-11-21-13-23(24(53)15-58(52)51-27(56)5-2-6-28(51)57)36-42-32(21)31(18)39-33(19)38-29(16)30(17)40-34(20)41-35(22)50(53)49(36)48-46(41)44(40)43(38)45(39)47(42)48;9-5-2-1-3-6(10)8(5)11-4-7(12)13;8-6-2-1-3-7(9)5(6)4-10/h1-2H3;1-6,8-10,12-13,22,24,34,52H,7,11,14-15H2;1-3,11H,4H2,(H,12,13);1-4H. The van der Waals surface area contributed by atoms with E-state index >= 15 is 17.6 Å². The van der Waals surface area contributed by atoms with Crippen LogP contribution in [0, 0.1) is 390 Å². The molecule has 0 saturated carbocycles. The normalized spacial score (nSPS) is 13.9. The largest absolute Gasteiger partial charge is 0.480 e. The lowest BCUT2D eigenvalue weighted by Crippen LogP contribution is -2.39. The number of hydrogen-bond donors (Lipinski definition) is 2. The number of carbonyl (C=O) groups is 2. The Bertz CT molecular complexity index is 9890. The summed E-state index contributed by atoms with van der Waals surface area (Å²) in [6.07, 6.45) is 7.55. The van der Waals surface area contributed by atoms with E-state index in [2.05, 4.69) is 379 Å². The highest BCUT2D eigenvalue weighted by Gasteiger charge is 2.67. The van der Waals surface area contributed by atoms with E-state index in [0.717, 1.165) is 37.1 Å². The van der Waals surface area contributed by atoms with Gasteiger partial charge in [-0.2, -0.15) is 0 Å². The fraction of sp³-hybridized carbons (Fsp3) is 0.0938. The molecule has 1 fully saturated rings. The van der Waals surface area contributed by atoms with Crippen molar-refractivity contribution in [3.05, 3.63) is 216 Å². The predicted octanol–water partition coefficient (Wildman–Crippen LogP) is 17.3. The molecule has 7 aliphatic carbocycles. The molecule has 13 aromatic rings. The molecule has 1 saturated heterocycles. The number of benzene rings is 11. The van der Waals surface area contributed by atoms with E-state index in [1.807, 2.05) is 0 Å². The van der Waals surface area contributed by atoms with Crippen LogP contribution in [-0.2, 0) is 23.1 Å². The second-order valence-corrected chi connectivity index (χ2v) is 30.9. The first-order valence-corrected chi connectivity index (χ1v) is 42.3. The highest BCUT2D eigenvalue weighted by atomic mass is 19.2. The lowest BCUT2D eigenvalue weighted by atomic mass is 9.60. The molecule has 0 bridgehead atoms. The zero-order chi connectivity index (χ0) is 97.5. The monoisotopic (exact) mass is 1800 g/mol. The molecule has 0 radical (unpaired) electrons. The van der Waals surface area contributed by atoms with Crippen molar-refractivity contribution < 1.29 is 49.8 Å². The number of fused-ring (bicyclic) bond motifs is 1. The van der Waals surface area contributed by atoms with Gasteiger partial charge in [-0.15, -0.1) is 0 Å². The SMILES string of the molecule is CC#CC#CC#CC#CC#CC#CC#CC#CC#CC#CC#CC#CC#CC#CC#CC#CC#CC#CC#CC#CC#CC#CC#CC#CC#CC#CC#CC#CC#CC.Fc1cccc(F)c1C1N(c2c(F)cccc2F)CC2c3cc4c5c6c(cc7cc8c9c%10c%11c%12c%13c%14c%15c(c%16c3c5c(c%16%13)c3c6c7c9c%123)C21CC%15C=C(C=C%10C8)C%14%11)C4.O=C(O)CNc1c(F)cccc1F.O=Cc1c(F)cccc1F. The number of carbonyl (C=O) groups excluding carboxylic acids is 1. The average Bonchev–Trinajstić information content (AvgIpc) is 1.43. The van der Waals surface area contributed by atoms with Crippen molar-refractivity contribution in [1.29, 1.82) is 0 Å². The van der Waals surface area contributed by atoms with Crippen LogP contribution in [0.25, 0.3) is 91.8 Å². The lowest BCUT2D eigenvalue weighted by molar-refractivity contribution is -0.134. The van der Waals surface area contributed by atoms with E-state index in [1.54, 1.807) is 18.7 Å². The number of rotatable bonds is 6. The zero-order valence-electron chi connectivity index (χ0n) is 73.0. The molecule has 2 N–H and O–H groups in total. The number of nitrogens with one attached hydrogen (secondary N) is 1. The number of anilines is 2. The number of halogens is 8. The summed E-state index contributed by atoms with van der Waals surface area (Å²) < 4.78 is 117. The van der Waals surface area contributed by atoms with Gasteiger partial charge in [0.1, 0.15) is 64.5 Å². The summed E-state index contributed by atoms with van der Waals surface area (Å²) >= 11 is 0. The van der Waals surface area contributed by atoms with Crippen molar-refractivity contribution >= 4 is 115 Å². The maximum Gasteiger partial charge on any atom is 0.322 e. The van der Waals surface area contributed by atoms with Crippen LogP contribution in [0.4, 0.5) is 46.5 Å². The summed E-state index contributed by atoms with van der Waals surface area (Å²) in [6, 6.07) is 21.0. The van der Waals surface area contributed by atoms with Crippen molar-refractivity contribution in [2.75, 3.05) is 23.3 Å². The first kappa shape index (κ1) is 89.7. The lowest BCUT2D eigenvalue weighted by Gasteiger charge is -2.43. The number of aldehydes is 1. The van der Waals surface area contributed by atoms with Crippen LogP contribution in [-0.4, -0.2) is 30.5 Å². The fourth-order valence-electron chi connectivity index (χ4n) is 19.9. The van der Waals surface area contributed by atoms with E-state index in [1.165, 1.54) is 196 Å². The second kappa shape index (κ2) is 40.1. The van der Waals surface area contributed by atoms with Gasteiger partial charge >= 0.3 is 5.97 Å². The van der Waals surface area contributed by atoms with Crippen LogP contribution in [0.2, 0.25) is 0 Å². The Morgan fingerprint density at radius 3 is 1.11 bits per heavy atom. The first-order valence-electron chi connectivity index (χ1n) is 42.3. The summed E-state index contributed by atoms with van der Waals surface area (Å²) in [5.74, 6) is 138. The van der Waals surface area contributed by atoms with Gasteiger partial charge in [-0.05, 0) is 324 Å². The molecule has 0 amide bonds. The molecule has 13 aromatic carbocycles. The van der Waals surface area contributed by atoms with Crippen molar-refractivity contribution in [2.45, 2.75) is 62.3 Å². The molecule has 5 unspecified atom stereocenters. The van der Waals surface area contributed by atoms with Gasteiger partial charge in [0.15, 0.2) is 6.29 Å². The Morgan fingerprint density at radius 1 is 0.376 bits per heavy atom. The first-order chi connectivity index (χ1) is 69.2. The van der Waals surface area contributed by atoms with Crippen molar-refractivity contribution in [3.8, 4) is 343 Å². The Hall–Kier alpha value is -21.9. The number of hydrogen-bond acceptors (Lipinski definition) is 4. The Balaban J connectivity index is 0.000000152. The van der Waals surface area contributed by atoms with Gasteiger partial charge in [0.25, 0.3) is 0 Å². The van der Waals surface area contributed by atoms with Gasteiger partial charge in [0, 0.05) is 272 Å². The van der Waals surface area contributed by atoms with Crippen LogP contribution >= 0.6 is 0 Å². The molecule has 5 atom stereocenters. The second-order valence-electron chi connectivity index (χ2n) is 30.9. The van der Waals surface area contributed by atoms with Crippen LogP contribution < -0.4 is 10.2 Å². The van der Waals surface area contributed by atoms with Crippen molar-refractivity contribution in [1.82, 2.24) is 0 Å². The number of carboxylic acids is 1. The predicted molar refractivity (Wildman–Crippen MR) is 532 cm³/mol. The minimum absolute atomic E-state index is 0.00325. The third-order valence-corrected chi connectivity index (χ3v) is 23.9. The molecule has 8 aliphatic rings. The Labute approximate surface area is 805 Å². The Kier molecular flexibility index (Phi) is 25.5. The van der Waals surface area contributed by atoms with Crippen molar-refractivity contribution in [3.63, 3.8) is 0 Å². The molecule has 0 aromatic heterocycles. The molecule has 1 heterocycles. The number of nitrogens with zero attached hydrogens (tertiary/aromatic N) is 1. The zero-order valence-corrected chi connectivity index (χ0v) is 73.0. The molecular formula is C128H40F8N2O3. The molecule has 5 nitrogen and oxygen atoms in total. The number of para-hydroxylation sites is 2. The molecule has 1 spiro atoms. The van der Waals surface area contributed by atoms with Crippen LogP contribution in [0.15, 0.2) is 109 Å². The third kappa shape index (κ3) is 16.7. The topological polar surface area (TPSA) is 69.6 Å². The van der Waals surface area contributed by atoms with Gasteiger partial charge in [-0.3, -0.25) is 9.59 Å². The highest BCUT2D eigenvalue weighted by Crippen LogP contribution is 2.78. The van der Waals surface area contributed by atoms with Crippen LogP contribution in [0.5, 0.6) is 0 Å². The van der Waals surface area contributed by atoms with Gasteiger partial charge < -0.3 is 15.3 Å². The quantitative estimate of drug-likeness (QED) is 0.0751. The maximum absolute atomic E-state index is 16.8. The van der Waals surface area contributed by atoms with Gasteiger partial charge in [0.2, 0.25) is 0 Å². The molecule has 636 valence electrons. The molecular weight excluding hydrogens is 1770 g/mol. The van der Waals surface area contributed by atoms with Crippen LogP contribution in [0.1, 0.15) is 110 Å². The van der Waals surface area contributed by atoms with E-state index in [0.29, 0.717) is 6.42 Å². The molecule has 1 aliphatic heterocycles. The summed E-state index contributed by atoms with van der Waals surface area (Å²) in [5, 5.41) is 32.8. The summed E-state index contributed by atoms with van der Waals surface area (Å²) in [7, 11) is 0. The van der Waals surface area contributed by atoms with Crippen LogP contribution in [0.3, 0.4) is 0 Å².